The quantitative estimate of drug-likeness (QED) is 0.704. The summed E-state index contributed by atoms with van der Waals surface area (Å²) in [4.78, 5) is 14.3. The first-order valence-corrected chi connectivity index (χ1v) is 7.67. The summed E-state index contributed by atoms with van der Waals surface area (Å²) in [5, 5.41) is 12.7. The van der Waals surface area contributed by atoms with Crippen LogP contribution >= 0.6 is 0 Å². The molecular formula is C16H19N5O2. The average Bonchev–Trinajstić information content (AvgIpc) is 3.00. The van der Waals surface area contributed by atoms with Gasteiger partial charge in [-0.15, -0.1) is 5.10 Å². The van der Waals surface area contributed by atoms with Crippen molar-refractivity contribution in [3.63, 3.8) is 0 Å². The van der Waals surface area contributed by atoms with Crippen molar-refractivity contribution in [3.05, 3.63) is 46.5 Å². The highest BCUT2D eigenvalue weighted by molar-refractivity contribution is 5.84. The normalized spacial score (nSPS) is 11.3. The number of benzene rings is 1. The van der Waals surface area contributed by atoms with Crippen molar-refractivity contribution in [3.8, 4) is 5.75 Å². The van der Waals surface area contributed by atoms with E-state index in [9.17, 15) is 4.79 Å². The van der Waals surface area contributed by atoms with Crippen LogP contribution in [0.5, 0.6) is 5.75 Å². The van der Waals surface area contributed by atoms with E-state index >= 15 is 0 Å². The van der Waals surface area contributed by atoms with Gasteiger partial charge in [-0.05, 0) is 42.8 Å². The van der Waals surface area contributed by atoms with Crippen molar-refractivity contribution in [2.45, 2.75) is 32.7 Å². The molecule has 23 heavy (non-hydrogen) atoms. The van der Waals surface area contributed by atoms with Gasteiger partial charge in [0.15, 0.2) is 5.82 Å². The number of tetrazole rings is 1. The molecule has 1 aromatic carbocycles. The number of nitrogens with zero attached hydrogens (tertiary/aromatic N) is 4. The molecule has 1 N–H and O–H groups in total. The Bertz CT molecular complexity index is 853. The van der Waals surface area contributed by atoms with Crippen molar-refractivity contribution in [2.75, 3.05) is 6.61 Å². The molecule has 0 radical (unpaired) electrons. The average molecular weight is 313 g/mol. The third-order valence-electron chi connectivity index (χ3n) is 3.57. The van der Waals surface area contributed by atoms with E-state index in [-0.39, 0.29) is 11.6 Å². The maximum Gasteiger partial charge on any atom is 0.248 e. The number of fused-ring (bicyclic) bond motifs is 1. The van der Waals surface area contributed by atoms with E-state index in [1.165, 1.54) is 6.07 Å². The molecule has 0 bridgehead atoms. The molecule has 0 saturated carbocycles. The monoisotopic (exact) mass is 313 g/mol. The minimum atomic E-state index is -0.135. The van der Waals surface area contributed by atoms with Crippen LogP contribution in [-0.4, -0.2) is 31.8 Å². The molecule has 0 fully saturated rings. The second-order valence-corrected chi connectivity index (χ2v) is 5.63. The number of aryl methyl sites for hydroxylation is 1. The molecule has 0 amide bonds. The molecule has 0 saturated heterocycles. The van der Waals surface area contributed by atoms with Gasteiger partial charge >= 0.3 is 0 Å². The Labute approximate surface area is 133 Å². The fraction of sp³-hybridized carbons (Fsp3) is 0.375. The van der Waals surface area contributed by atoms with Crippen molar-refractivity contribution < 1.29 is 4.74 Å². The summed E-state index contributed by atoms with van der Waals surface area (Å²) in [7, 11) is 0. The summed E-state index contributed by atoms with van der Waals surface area (Å²) in [5.41, 5.74) is 0.594. The Kier molecular flexibility index (Phi) is 4.36. The maximum atomic E-state index is 11.5. The van der Waals surface area contributed by atoms with E-state index in [0.717, 1.165) is 29.6 Å². The van der Waals surface area contributed by atoms with Crippen LogP contribution in [0.25, 0.3) is 10.9 Å². The fourth-order valence-corrected chi connectivity index (χ4v) is 2.46. The summed E-state index contributed by atoms with van der Waals surface area (Å²) in [5.74, 6) is 1.54. The van der Waals surface area contributed by atoms with Gasteiger partial charge in [-0.1, -0.05) is 12.1 Å². The second-order valence-electron chi connectivity index (χ2n) is 5.63. The number of aromatic amines is 1. The molecule has 0 spiro atoms. The van der Waals surface area contributed by atoms with Crippen molar-refractivity contribution in [2.24, 2.45) is 0 Å². The third kappa shape index (κ3) is 3.39. The van der Waals surface area contributed by atoms with Crippen LogP contribution in [0.4, 0.5) is 0 Å². The van der Waals surface area contributed by atoms with Gasteiger partial charge in [0.2, 0.25) is 5.56 Å². The molecule has 0 unspecified atom stereocenters. The van der Waals surface area contributed by atoms with Gasteiger partial charge in [0, 0.05) is 17.9 Å². The number of aromatic nitrogens is 5. The van der Waals surface area contributed by atoms with E-state index in [0.29, 0.717) is 12.4 Å². The number of ether oxygens (including phenoxy) is 1. The van der Waals surface area contributed by atoms with Crippen LogP contribution in [0.15, 0.2) is 35.1 Å². The van der Waals surface area contributed by atoms with Gasteiger partial charge in [-0.25, -0.2) is 4.68 Å². The lowest BCUT2D eigenvalue weighted by atomic mass is 10.2. The lowest BCUT2D eigenvalue weighted by molar-refractivity contribution is 0.311. The fourth-order valence-electron chi connectivity index (χ4n) is 2.46. The van der Waals surface area contributed by atoms with Gasteiger partial charge < -0.3 is 9.72 Å². The van der Waals surface area contributed by atoms with Gasteiger partial charge in [-0.2, -0.15) is 0 Å². The maximum absolute atomic E-state index is 11.5. The number of rotatable bonds is 6. The van der Waals surface area contributed by atoms with Crippen LogP contribution < -0.4 is 10.3 Å². The van der Waals surface area contributed by atoms with Gasteiger partial charge in [0.05, 0.1) is 18.2 Å². The molecule has 2 aromatic heterocycles. The Morgan fingerprint density at radius 3 is 2.96 bits per heavy atom. The van der Waals surface area contributed by atoms with Crippen LogP contribution in [0, 0.1) is 0 Å². The minimum absolute atomic E-state index is 0.135. The highest BCUT2D eigenvalue weighted by Gasteiger charge is 2.09. The summed E-state index contributed by atoms with van der Waals surface area (Å²) in [6.07, 6.45) is 1.53. The second kappa shape index (κ2) is 6.60. The molecule has 0 aliphatic carbocycles. The molecule has 120 valence electrons. The topological polar surface area (TPSA) is 85.7 Å². The van der Waals surface area contributed by atoms with E-state index in [2.05, 4.69) is 20.5 Å². The van der Waals surface area contributed by atoms with Crippen molar-refractivity contribution in [1.29, 1.82) is 0 Å². The van der Waals surface area contributed by atoms with Crippen LogP contribution in [0.2, 0.25) is 0 Å². The van der Waals surface area contributed by atoms with Crippen molar-refractivity contribution >= 4 is 10.9 Å². The number of hydrogen-bond acceptors (Lipinski definition) is 5. The van der Waals surface area contributed by atoms with E-state index in [1.807, 2.05) is 36.7 Å². The number of nitrogens with one attached hydrogen (secondary N) is 1. The zero-order valence-electron chi connectivity index (χ0n) is 13.2. The smallest absolute Gasteiger partial charge is 0.248 e. The molecule has 0 atom stereocenters. The Morgan fingerprint density at radius 1 is 1.26 bits per heavy atom. The Morgan fingerprint density at radius 2 is 2.13 bits per heavy atom. The number of H-pyrrole nitrogens is 1. The Balaban J connectivity index is 1.64. The highest BCUT2D eigenvalue weighted by Crippen LogP contribution is 2.22. The molecule has 7 nitrogen and oxygen atoms in total. The number of para-hydroxylation sites is 1. The summed E-state index contributed by atoms with van der Waals surface area (Å²) < 4.78 is 7.64. The largest absolute Gasteiger partial charge is 0.491 e. The molecule has 2 heterocycles. The van der Waals surface area contributed by atoms with E-state index < -0.39 is 0 Å². The number of hydrogen-bond donors (Lipinski definition) is 1. The summed E-state index contributed by atoms with van der Waals surface area (Å²) in [6.45, 7) is 4.62. The molecule has 3 aromatic rings. The first-order chi connectivity index (χ1) is 11.1. The first kappa shape index (κ1) is 15.2. The standard InChI is InChI=1S/C16H19N5O2/c1-11(2)21-14(18-19-20-21)7-4-10-23-13-6-3-5-12-8-9-15(22)17-16(12)13/h3,5-6,8-9,11H,4,7,10H2,1-2H3,(H,17,22). The van der Waals surface area contributed by atoms with Crippen LogP contribution in [0.3, 0.4) is 0 Å². The molecule has 7 heteroatoms. The zero-order valence-corrected chi connectivity index (χ0v) is 13.2. The SMILES string of the molecule is CC(C)n1nnnc1CCCOc1cccc2ccc(=O)[nH]c12. The molecule has 3 rings (SSSR count). The molecule has 0 aliphatic rings. The van der Waals surface area contributed by atoms with Crippen LogP contribution in [0.1, 0.15) is 32.1 Å². The highest BCUT2D eigenvalue weighted by atomic mass is 16.5. The lowest BCUT2D eigenvalue weighted by Gasteiger charge is -2.10. The molecular weight excluding hydrogens is 294 g/mol. The van der Waals surface area contributed by atoms with E-state index in [1.54, 1.807) is 6.07 Å². The zero-order chi connectivity index (χ0) is 16.2. The van der Waals surface area contributed by atoms with Crippen molar-refractivity contribution in [1.82, 2.24) is 25.2 Å². The lowest BCUT2D eigenvalue weighted by Crippen LogP contribution is -2.10. The predicted molar refractivity (Wildman–Crippen MR) is 86.6 cm³/mol. The van der Waals surface area contributed by atoms with Crippen LogP contribution in [-0.2, 0) is 6.42 Å². The van der Waals surface area contributed by atoms with Gasteiger partial charge in [-0.3, -0.25) is 4.79 Å². The Hall–Kier alpha value is -2.70. The minimum Gasteiger partial charge on any atom is -0.491 e. The first-order valence-electron chi connectivity index (χ1n) is 7.67. The third-order valence-corrected chi connectivity index (χ3v) is 3.57. The van der Waals surface area contributed by atoms with Gasteiger partial charge in [0.1, 0.15) is 5.75 Å². The van der Waals surface area contributed by atoms with E-state index in [4.69, 9.17) is 4.74 Å². The van der Waals surface area contributed by atoms with Gasteiger partial charge in [0.25, 0.3) is 0 Å². The summed E-state index contributed by atoms with van der Waals surface area (Å²) >= 11 is 0. The predicted octanol–water partition coefficient (Wildman–Crippen LogP) is 2.11. The number of pyridine rings is 1. The summed E-state index contributed by atoms with van der Waals surface area (Å²) in [6, 6.07) is 9.25. The molecule has 0 aliphatic heterocycles.